The van der Waals surface area contributed by atoms with E-state index in [1.165, 1.54) is 0 Å². The molecule has 0 amide bonds. The molecule has 0 saturated heterocycles. The Hall–Kier alpha value is -2.80. The number of rotatable bonds is 4. The zero-order chi connectivity index (χ0) is 16.9. The summed E-state index contributed by atoms with van der Waals surface area (Å²) in [6, 6.07) is 30.4. The second kappa shape index (κ2) is 8.53. The summed E-state index contributed by atoms with van der Waals surface area (Å²) < 4.78 is 0. The van der Waals surface area contributed by atoms with Gasteiger partial charge in [0.1, 0.15) is 0 Å². The fraction of sp³-hybridized carbons (Fsp3) is 0. The summed E-state index contributed by atoms with van der Waals surface area (Å²) in [6.45, 7) is 0. The van der Waals surface area contributed by atoms with Gasteiger partial charge in [-0.15, -0.1) is 59.7 Å². The first-order chi connectivity index (χ1) is 12.4. The normalized spacial score (nSPS) is 10.0. The molecule has 0 bridgehead atoms. The predicted molar refractivity (Wildman–Crippen MR) is 100 cm³/mol. The van der Waals surface area contributed by atoms with Gasteiger partial charge in [0.2, 0.25) is 0 Å². The molecule has 0 unspecified atom stereocenters. The molecule has 3 nitrogen and oxygen atoms in total. The molecule has 4 aromatic rings. The van der Waals surface area contributed by atoms with Crippen LogP contribution in [0.25, 0.3) is 22.5 Å². The van der Waals surface area contributed by atoms with Gasteiger partial charge in [0.15, 0.2) is 0 Å². The Morgan fingerprint density at radius 1 is 0.577 bits per heavy atom. The minimum Gasteiger partial charge on any atom is -0.389 e. The van der Waals surface area contributed by atoms with Gasteiger partial charge in [-0.25, -0.2) is 0 Å². The van der Waals surface area contributed by atoms with Gasteiger partial charge in [-0.05, 0) is 34.9 Å². The van der Waals surface area contributed by atoms with Crippen molar-refractivity contribution in [1.82, 2.24) is 9.97 Å². The number of pyridine rings is 2. The maximum atomic E-state index is 4.38. The smallest absolute Gasteiger partial charge is 0.389 e. The minimum atomic E-state index is 0. The van der Waals surface area contributed by atoms with Gasteiger partial charge in [0, 0.05) is 12.4 Å². The molecule has 26 heavy (non-hydrogen) atoms. The van der Waals surface area contributed by atoms with Gasteiger partial charge in [-0.3, -0.25) is 0 Å². The Labute approximate surface area is 166 Å². The van der Waals surface area contributed by atoms with Crippen LogP contribution >= 0.6 is 0 Å². The summed E-state index contributed by atoms with van der Waals surface area (Å²) in [7, 11) is 0. The Morgan fingerprint density at radius 2 is 1.08 bits per heavy atom. The molecule has 0 spiro atoms. The van der Waals surface area contributed by atoms with E-state index in [-0.39, 0.29) is 20.4 Å². The molecule has 0 aliphatic rings. The van der Waals surface area contributed by atoms with Crippen molar-refractivity contribution in [2.45, 2.75) is 0 Å². The van der Waals surface area contributed by atoms with Crippen LogP contribution in [0.3, 0.4) is 0 Å². The minimum absolute atomic E-state index is 0. The fourth-order valence-corrected chi connectivity index (χ4v) is 2.57. The van der Waals surface area contributed by atoms with Gasteiger partial charge in [0.25, 0.3) is 0 Å². The van der Waals surface area contributed by atoms with Gasteiger partial charge >= 0.3 is 20.4 Å². The zero-order valence-electron chi connectivity index (χ0n) is 13.8. The molecule has 0 fully saturated rings. The maximum Gasteiger partial charge on any atom is 2.00 e. The molecule has 0 saturated carbocycles. The summed E-state index contributed by atoms with van der Waals surface area (Å²) in [5, 5.41) is 3.36. The summed E-state index contributed by atoms with van der Waals surface area (Å²) >= 11 is 0. The van der Waals surface area contributed by atoms with Crippen LogP contribution in [-0.4, -0.2) is 9.97 Å². The molecular formula is C22H15N3Pd. The summed E-state index contributed by atoms with van der Waals surface area (Å²) in [4.78, 5) is 8.75. The Morgan fingerprint density at radius 3 is 1.50 bits per heavy atom. The average Bonchev–Trinajstić information content (AvgIpc) is 2.70. The molecule has 2 aromatic heterocycles. The monoisotopic (exact) mass is 427 g/mol. The second-order valence-electron chi connectivity index (χ2n) is 5.51. The van der Waals surface area contributed by atoms with Crippen LogP contribution in [-0.2, 0) is 20.4 Å². The van der Waals surface area contributed by atoms with Crippen LogP contribution in [0.15, 0.2) is 85.2 Å². The molecule has 4 rings (SSSR count). The number of nitrogens with zero attached hydrogens (tertiary/aromatic N) is 2. The SMILES string of the molecule is [Pd+2].[c-]1c(Nc2[c-]c(-c3ccccn3)ccc2)cccc1-c1ccccn1. The molecule has 0 aliphatic heterocycles. The molecular weight excluding hydrogens is 413 g/mol. The van der Waals surface area contributed by atoms with Gasteiger partial charge in [-0.2, -0.15) is 0 Å². The van der Waals surface area contributed by atoms with Crippen LogP contribution in [0.5, 0.6) is 0 Å². The van der Waals surface area contributed by atoms with E-state index in [2.05, 4.69) is 27.4 Å². The van der Waals surface area contributed by atoms with E-state index >= 15 is 0 Å². The first kappa shape index (κ1) is 18.0. The fourth-order valence-electron chi connectivity index (χ4n) is 2.57. The summed E-state index contributed by atoms with van der Waals surface area (Å²) in [5.41, 5.74) is 5.45. The van der Waals surface area contributed by atoms with Crippen LogP contribution in [0.2, 0.25) is 0 Å². The van der Waals surface area contributed by atoms with E-state index < -0.39 is 0 Å². The number of anilines is 2. The van der Waals surface area contributed by atoms with Crippen molar-refractivity contribution < 1.29 is 20.4 Å². The van der Waals surface area contributed by atoms with Crippen molar-refractivity contribution >= 4 is 11.4 Å². The number of aromatic nitrogens is 2. The Bertz CT molecular complexity index is 892. The van der Waals surface area contributed by atoms with Crippen molar-refractivity contribution in [3.8, 4) is 22.5 Å². The predicted octanol–water partition coefficient (Wildman–Crippen LogP) is 5.15. The summed E-state index contributed by atoms with van der Waals surface area (Å²) in [5.74, 6) is 0. The van der Waals surface area contributed by atoms with E-state index in [1.54, 1.807) is 12.4 Å². The van der Waals surface area contributed by atoms with Gasteiger partial charge in [0.05, 0.1) is 0 Å². The molecule has 0 aliphatic carbocycles. The molecule has 0 radical (unpaired) electrons. The average molecular weight is 428 g/mol. The number of hydrogen-bond acceptors (Lipinski definition) is 3. The third-order valence-corrected chi connectivity index (χ3v) is 3.74. The van der Waals surface area contributed by atoms with E-state index in [9.17, 15) is 0 Å². The number of nitrogens with one attached hydrogen (secondary N) is 1. The van der Waals surface area contributed by atoms with Crippen molar-refractivity contribution in [3.63, 3.8) is 0 Å². The van der Waals surface area contributed by atoms with Crippen LogP contribution < -0.4 is 5.32 Å². The van der Waals surface area contributed by atoms with Crippen LogP contribution in [0.4, 0.5) is 11.4 Å². The second-order valence-corrected chi connectivity index (χ2v) is 5.51. The third-order valence-electron chi connectivity index (χ3n) is 3.74. The number of benzene rings is 2. The van der Waals surface area contributed by atoms with E-state index in [4.69, 9.17) is 0 Å². The van der Waals surface area contributed by atoms with E-state index in [1.807, 2.05) is 72.8 Å². The van der Waals surface area contributed by atoms with E-state index in [0.29, 0.717) is 0 Å². The first-order valence-electron chi connectivity index (χ1n) is 8.03. The molecule has 1 N–H and O–H groups in total. The molecule has 2 aromatic carbocycles. The third kappa shape index (κ3) is 4.24. The maximum absolute atomic E-state index is 4.38. The van der Waals surface area contributed by atoms with Gasteiger partial charge in [-0.1, -0.05) is 24.3 Å². The van der Waals surface area contributed by atoms with Crippen molar-refractivity contribution in [2.75, 3.05) is 5.32 Å². The number of hydrogen-bond donors (Lipinski definition) is 1. The molecule has 2 heterocycles. The topological polar surface area (TPSA) is 37.8 Å². The van der Waals surface area contributed by atoms with Crippen molar-refractivity contribution in [3.05, 3.63) is 97.3 Å². The Kier molecular flexibility index (Phi) is 5.91. The summed E-state index contributed by atoms with van der Waals surface area (Å²) in [6.07, 6.45) is 3.57. The van der Waals surface area contributed by atoms with E-state index in [0.717, 1.165) is 33.9 Å². The Balaban J connectivity index is 0.00000196. The van der Waals surface area contributed by atoms with Crippen molar-refractivity contribution in [2.24, 2.45) is 0 Å². The molecule has 4 heteroatoms. The largest absolute Gasteiger partial charge is 2.00 e. The molecule has 128 valence electrons. The van der Waals surface area contributed by atoms with Gasteiger partial charge < -0.3 is 15.3 Å². The zero-order valence-corrected chi connectivity index (χ0v) is 15.3. The standard InChI is InChI=1S/C22H15N3.Pd/c1-3-13-23-21(11-1)17-7-5-9-19(15-17)25-20-10-6-8-18(16-20)22-12-2-4-14-24-22;/h1-14,25H;/q-2;+2. The van der Waals surface area contributed by atoms with Crippen LogP contribution in [0.1, 0.15) is 0 Å². The quantitative estimate of drug-likeness (QED) is 0.361. The van der Waals surface area contributed by atoms with Crippen LogP contribution in [0, 0.1) is 12.1 Å². The molecule has 0 atom stereocenters. The first-order valence-corrected chi connectivity index (χ1v) is 8.03. The van der Waals surface area contributed by atoms with Crippen molar-refractivity contribution in [1.29, 1.82) is 0 Å².